The molecule has 0 saturated heterocycles. The Kier molecular flexibility index (Phi) is 3.50. The third-order valence-electron chi connectivity index (χ3n) is 3.02. The molecule has 1 heterocycles. The van der Waals surface area contributed by atoms with Crippen LogP contribution in [0.1, 0.15) is 5.56 Å². The van der Waals surface area contributed by atoms with Crippen molar-refractivity contribution in [3.05, 3.63) is 29.7 Å². The summed E-state index contributed by atoms with van der Waals surface area (Å²) in [6.45, 7) is 1.71. The summed E-state index contributed by atoms with van der Waals surface area (Å²) in [6.07, 6.45) is 2.93. The van der Waals surface area contributed by atoms with Gasteiger partial charge in [-0.1, -0.05) is 0 Å². The lowest BCUT2D eigenvalue weighted by Crippen LogP contribution is -2.30. The summed E-state index contributed by atoms with van der Waals surface area (Å²) in [7, 11) is 3.62. The van der Waals surface area contributed by atoms with Gasteiger partial charge >= 0.3 is 0 Å². The van der Waals surface area contributed by atoms with Gasteiger partial charge in [-0.15, -0.1) is 0 Å². The number of aliphatic imine (C=N–C) groups is 1. The molecule has 0 unspecified atom stereocenters. The molecule has 3 N–H and O–H groups in total. The molecule has 0 radical (unpaired) electrons. The Morgan fingerprint density at radius 3 is 3.00 bits per heavy atom. The van der Waals surface area contributed by atoms with Crippen LogP contribution in [0.2, 0.25) is 0 Å². The standard InChI is InChI=1S/C13H17FN4/c1-16-8-9(7-15)10-5-13-12(6-11(10)14)17-3-4-18(13)2/h5-8,17H,3-4,15H2,1-2H3/b9-7+,16-8?. The average molecular weight is 248 g/mol. The van der Waals surface area contributed by atoms with E-state index in [-0.39, 0.29) is 5.82 Å². The maximum Gasteiger partial charge on any atom is 0.133 e. The van der Waals surface area contributed by atoms with Crippen LogP contribution in [0.25, 0.3) is 5.57 Å². The Balaban J connectivity index is 2.53. The molecule has 0 aliphatic carbocycles. The van der Waals surface area contributed by atoms with E-state index in [1.54, 1.807) is 19.3 Å². The van der Waals surface area contributed by atoms with Crippen molar-refractivity contribution in [1.29, 1.82) is 0 Å². The number of nitrogens with zero attached hydrogens (tertiary/aromatic N) is 2. The SMILES string of the molecule is CN=C/C(=C\N)c1cc2c(cc1F)NCCN2C. The molecular formula is C13H17FN4. The summed E-state index contributed by atoms with van der Waals surface area (Å²) in [5, 5.41) is 3.18. The van der Waals surface area contributed by atoms with Crippen LogP contribution in [0.4, 0.5) is 15.8 Å². The number of allylic oxidation sites excluding steroid dienone is 1. The van der Waals surface area contributed by atoms with Crippen molar-refractivity contribution in [3.8, 4) is 0 Å². The van der Waals surface area contributed by atoms with Crippen LogP contribution < -0.4 is 16.0 Å². The number of rotatable bonds is 2. The van der Waals surface area contributed by atoms with E-state index >= 15 is 0 Å². The fraction of sp³-hybridized carbons (Fsp3) is 0.308. The van der Waals surface area contributed by atoms with E-state index in [1.165, 1.54) is 12.3 Å². The number of benzene rings is 1. The third-order valence-corrected chi connectivity index (χ3v) is 3.02. The summed E-state index contributed by atoms with van der Waals surface area (Å²) < 4.78 is 14.0. The summed E-state index contributed by atoms with van der Waals surface area (Å²) >= 11 is 0. The zero-order valence-electron chi connectivity index (χ0n) is 10.6. The number of likely N-dealkylation sites (N-methyl/N-ethyl adjacent to an activating group) is 1. The van der Waals surface area contributed by atoms with Crippen molar-refractivity contribution < 1.29 is 4.39 Å². The van der Waals surface area contributed by atoms with Gasteiger partial charge in [-0.25, -0.2) is 4.39 Å². The highest BCUT2D eigenvalue weighted by Gasteiger charge is 2.17. The molecule has 96 valence electrons. The van der Waals surface area contributed by atoms with Crippen LogP contribution in [-0.2, 0) is 0 Å². The highest BCUT2D eigenvalue weighted by molar-refractivity contribution is 6.10. The molecule has 18 heavy (non-hydrogen) atoms. The first-order valence-corrected chi connectivity index (χ1v) is 5.80. The molecule has 1 aliphatic heterocycles. The maximum absolute atomic E-state index is 14.0. The maximum atomic E-state index is 14.0. The van der Waals surface area contributed by atoms with Crippen LogP contribution in [-0.4, -0.2) is 33.4 Å². The van der Waals surface area contributed by atoms with Gasteiger partial charge in [0.2, 0.25) is 0 Å². The molecule has 0 aromatic heterocycles. The number of halogens is 1. The first-order chi connectivity index (χ1) is 8.67. The lowest BCUT2D eigenvalue weighted by molar-refractivity contribution is 0.624. The smallest absolute Gasteiger partial charge is 0.133 e. The molecule has 1 aromatic carbocycles. The molecule has 0 saturated carbocycles. The topological polar surface area (TPSA) is 53.6 Å². The Hall–Kier alpha value is -2.04. The van der Waals surface area contributed by atoms with Crippen molar-refractivity contribution >= 4 is 23.2 Å². The molecule has 2 rings (SSSR count). The third kappa shape index (κ3) is 2.16. The van der Waals surface area contributed by atoms with Crippen LogP contribution in [0.15, 0.2) is 23.3 Å². The second-order valence-electron chi connectivity index (χ2n) is 4.21. The minimum absolute atomic E-state index is 0.298. The van der Waals surface area contributed by atoms with Gasteiger partial charge in [0.1, 0.15) is 5.82 Å². The van der Waals surface area contributed by atoms with Gasteiger partial charge in [0.15, 0.2) is 0 Å². The van der Waals surface area contributed by atoms with Gasteiger partial charge in [-0.05, 0) is 12.1 Å². The molecule has 0 bridgehead atoms. The summed E-state index contributed by atoms with van der Waals surface area (Å²) in [4.78, 5) is 5.98. The summed E-state index contributed by atoms with van der Waals surface area (Å²) in [6, 6.07) is 3.31. The van der Waals surface area contributed by atoms with E-state index in [2.05, 4.69) is 15.2 Å². The molecule has 0 amide bonds. The number of hydrogen-bond acceptors (Lipinski definition) is 4. The van der Waals surface area contributed by atoms with E-state index < -0.39 is 0 Å². The fourth-order valence-electron chi connectivity index (χ4n) is 2.06. The lowest BCUT2D eigenvalue weighted by Gasteiger charge is -2.29. The molecule has 1 aliphatic rings. The monoisotopic (exact) mass is 248 g/mol. The minimum Gasteiger partial charge on any atom is -0.404 e. The van der Waals surface area contributed by atoms with E-state index in [4.69, 9.17) is 5.73 Å². The summed E-state index contributed by atoms with van der Waals surface area (Å²) in [5.41, 5.74) is 8.36. The predicted molar refractivity (Wildman–Crippen MR) is 74.7 cm³/mol. The first-order valence-electron chi connectivity index (χ1n) is 5.80. The Bertz CT molecular complexity index is 508. The Morgan fingerprint density at radius 1 is 1.56 bits per heavy atom. The first kappa shape index (κ1) is 12.4. The van der Waals surface area contributed by atoms with E-state index in [1.807, 2.05) is 7.05 Å². The molecule has 0 spiro atoms. The van der Waals surface area contributed by atoms with Gasteiger partial charge in [-0.2, -0.15) is 0 Å². The van der Waals surface area contributed by atoms with Gasteiger partial charge < -0.3 is 16.0 Å². The van der Waals surface area contributed by atoms with Crippen molar-refractivity contribution in [2.24, 2.45) is 10.7 Å². The van der Waals surface area contributed by atoms with E-state index in [9.17, 15) is 4.39 Å². The molecular weight excluding hydrogens is 231 g/mol. The zero-order valence-corrected chi connectivity index (χ0v) is 10.6. The number of anilines is 2. The number of nitrogens with two attached hydrogens (primary N) is 1. The fourth-order valence-corrected chi connectivity index (χ4v) is 2.06. The van der Waals surface area contributed by atoms with Gasteiger partial charge in [0.25, 0.3) is 0 Å². The molecule has 0 fully saturated rings. The molecule has 0 atom stereocenters. The van der Waals surface area contributed by atoms with E-state index in [0.29, 0.717) is 11.1 Å². The normalized spacial score (nSPS) is 15.7. The van der Waals surface area contributed by atoms with Crippen LogP contribution in [0.3, 0.4) is 0 Å². The number of hydrogen-bond donors (Lipinski definition) is 2. The highest BCUT2D eigenvalue weighted by Crippen LogP contribution is 2.32. The van der Waals surface area contributed by atoms with Crippen molar-refractivity contribution in [1.82, 2.24) is 0 Å². The van der Waals surface area contributed by atoms with Crippen LogP contribution in [0, 0.1) is 5.82 Å². The molecule has 5 heteroatoms. The van der Waals surface area contributed by atoms with Crippen molar-refractivity contribution in [2.75, 3.05) is 37.4 Å². The molecule has 4 nitrogen and oxygen atoms in total. The lowest BCUT2D eigenvalue weighted by atomic mass is 10.0. The second-order valence-corrected chi connectivity index (χ2v) is 4.21. The van der Waals surface area contributed by atoms with Gasteiger partial charge in [0.05, 0.1) is 11.4 Å². The van der Waals surface area contributed by atoms with Gasteiger partial charge in [0, 0.05) is 50.7 Å². The van der Waals surface area contributed by atoms with E-state index in [0.717, 1.165) is 24.5 Å². The zero-order chi connectivity index (χ0) is 13.1. The van der Waals surface area contributed by atoms with Crippen LogP contribution in [0.5, 0.6) is 0 Å². The minimum atomic E-state index is -0.298. The quantitative estimate of drug-likeness (QED) is 0.783. The Labute approximate surface area is 106 Å². The molecule has 1 aromatic rings. The Morgan fingerprint density at radius 2 is 2.33 bits per heavy atom. The van der Waals surface area contributed by atoms with Crippen molar-refractivity contribution in [2.45, 2.75) is 0 Å². The highest BCUT2D eigenvalue weighted by atomic mass is 19.1. The number of nitrogens with one attached hydrogen (secondary N) is 1. The van der Waals surface area contributed by atoms with Crippen molar-refractivity contribution in [3.63, 3.8) is 0 Å². The van der Waals surface area contributed by atoms with Gasteiger partial charge in [-0.3, -0.25) is 4.99 Å². The summed E-state index contributed by atoms with van der Waals surface area (Å²) in [5.74, 6) is -0.298. The number of fused-ring (bicyclic) bond motifs is 1. The average Bonchev–Trinajstić information content (AvgIpc) is 2.36. The predicted octanol–water partition coefficient (Wildman–Crippen LogP) is 1.69. The van der Waals surface area contributed by atoms with Crippen LogP contribution >= 0.6 is 0 Å². The second kappa shape index (κ2) is 5.08. The largest absolute Gasteiger partial charge is 0.404 e.